The Labute approximate surface area is 156 Å². The van der Waals surface area contributed by atoms with E-state index >= 15 is 0 Å². The summed E-state index contributed by atoms with van der Waals surface area (Å²) >= 11 is 0. The number of amides is 1. The fourth-order valence-corrected chi connectivity index (χ4v) is 3.09. The van der Waals surface area contributed by atoms with E-state index in [4.69, 9.17) is 0 Å². The molecule has 0 fully saturated rings. The Kier molecular flexibility index (Phi) is 5.59. The van der Waals surface area contributed by atoms with Crippen LogP contribution >= 0.6 is 0 Å². The fourth-order valence-electron chi connectivity index (χ4n) is 3.09. The number of fused-ring (bicyclic) bond motifs is 1. The molecule has 0 saturated carbocycles. The van der Waals surface area contributed by atoms with Crippen molar-refractivity contribution in [2.75, 3.05) is 7.11 Å². The summed E-state index contributed by atoms with van der Waals surface area (Å²) in [7, 11) is 1.28. The average Bonchev–Trinajstić information content (AvgIpc) is 3.03. The van der Waals surface area contributed by atoms with Crippen LogP contribution in [0.1, 0.15) is 41.6 Å². The molecule has 7 heteroatoms. The number of hydrogen-bond acceptors (Lipinski definition) is 5. The Bertz CT molecular complexity index is 911. The van der Waals surface area contributed by atoms with Crippen molar-refractivity contribution in [1.82, 2.24) is 10.3 Å². The van der Waals surface area contributed by atoms with Crippen molar-refractivity contribution in [2.45, 2.75) is 32.2 Å². The second-order valence-electron chi connectivity index (χ2n) is 6.46. The molecule has 0 unspecified atom stereocenters. The molecular formula is C20H20FN3O3. The van der Waals surface area contributed by atoms with Crippen molar-refractivity contribution >= 4 is 17.7 Å². The van der Waals surface area contributed by atoms with Crippen LogP contribution in [0.15, 0.2) is 41.5 Å². The molecule has 0 radical (unpaired) electrons. The highest BCUT2D eigenvalue weighted by molar-refractivity contribution is 6.08. The highest BCUT2D eigenvalue weighted by Gasteiger charge is 2.20. The van der Waals surface area contributed by atoms with Gasteiger partial charge in [0.05, 0.1) is 13.7 Å². The summed E-state index contributed by atoms with van der Waals surface area (Å²) in [6.45, 7) is 2.25. The van der Waals surface area contributed by atoms with E-state index in [0.717, 1.165) is 11.1 Å². The number of aromatic nitrogens is 1. The van der Waals surface area contributed by atoms with Gasteiger partial charge in [0.2, 0.25) is 0 Å². The van der Waals surface area contributed by atoms with Crippen molar-refractivity contribution in [1.29, 1.82) is 0 Å². The first-order valence-electron chi connectivity index (χ1n) is 8.61. The summed E-state index contributed by atoms with van der Waals surface area (Å²) in [4.78, 5) is 32.3. The Morgan fingerprint density at radius 3 is 2.85 bits per heavy atom. The number of halogens is 1. The Hall–Kier alpha value is -3.09. The fraction of sp³-hybridized carbons (Fsp3) is 0.300. The molecule has 1 amide bonds. The smallest absolute Gasteiger partial charge is 0.412 e. The van der Waals surface area contributed by atoms with E-state index in [1.807, 2.05) is 13.0 Å². The Balaban J connectivity index is 1.63. The zero-order valence-electron chi connectivity index (χ0n) is 15.2. The van der Waals surface area contributed by atoms with E-state index < -0.39 is 6.09 Å². The van der Waals surface area contributed by atoms with Gasteiger partial charge < -0.3 is 4.74 Å². The number of nitrogens with one attached hydrogen (secondary N) is 1. The number of ether oxygens (including phenoxy) is 1. The quantitative estimate of drug-likeness (QED) is 0.878. The molecule has 1 aliphatic rings. The summed E-state index contributed by atoms with van der Waals surface area (Å²) in [5.74, 6) is -0.0935. The first-order valence-corrected chi connectivity index (χ1v) is 8.61. The predicted molar refractivity (Wildman–Crippen MR) is 98.2 cm³/mol. The van der Waals surface area contributed by atoms with E-state index in [1.54, 1.807) is 24.4 Å². The molecule has 6 nitrogen and oxygen atoms in total. The van der Waals surface area contributed by atoms with Gasteiger partial charge in [0, 0.05) is 30.3 Å². The number of ketones is 1. The number of aliphatic imine (C=N–C) groups is 1. The monoisotopic (exact) mass is 369 g/mol. The van der Waals surface area contributed by atoms with Crippen LogP contribution in [0.5, 0.6) is 0 Å². The van der Waals surface area contributed by atoms with Crippen molar-refractivity contribution in [3.8, 4) is 0 Å². The molecule has 140 valence electrons. The molecule has 1 N–H and O–H groups in total. The van der Waals surface area contributed by atoms with Crippen molar-refractivity contribution in [3.63, 3.8) is 0 Å². The van der Waals surface area contributed by atoms with Gasteiger partial charge in [-0.1, -0.05) is 25.1 Å². The minimum atomic E-state index is -0.594. The summed E-state index contributed by atoms with van der Waals surface area (Å²) in [5, 5.41) is 2.54. The molecule has 0 aliphatic carbocycles. The maximum Gasteiger partial charge on any atom is 0.412 e. The molecule has 27 heavy (non-hydrogen) atoms. The van der Waals surface area contributed by atoms with Crippen LogP contribution in [0.2, 0.25) is 0 Å². The molecule has 1 aromatic heterocycles. The second kappa shape index (κ2) is 8.07. The lowest BCUT2D eigenvalue weighted by atomic mass is 9.93. The number of benzene rings is 1. The predicted octanol–water partition coefficient (Wildman–Crippen LogP) is 3.14. The Morgan fingerprint density at radius 1 is 1.33 bits per heavy atom. The lowest BCUT2D eigenvalue weighted by Gasteiger charge is -2.12. The first-order chi connectivity index (χ1) is 13.0. The number of methoxy groups -OCH3 is 1. The van der Waals surface area contributed by atoms with E-state index in [2.05, 4.69) is 20.0 Å². The van der Waals surface area contributed by atoms with Gasteiger partial charge >= 0.3 is 6.09 Å². The van der Waals surface area contributed by atoms with E-state index in [1.165, 1.54) is 13.2 Å². The number of Topliss-reactive ketones (excluding diaryl/α,β-unsaturated/α-hetero) is 1. The lowest BCUT2D eigenvalue weighted by Crippen LogP contribution is -2.30. The molecular weight excluding hydrogens is 349 g/mol. The van der Waals surface area contributed by atoms with Gasteiger partial charge in [-0.25, -0.2) is 9.18 Å². The summed E-state index contributed by atoms with van der Waals surface area (Å²) in [5.41, 5.74) is 2.78. The summed E-state index contributed by atoms with van der Waals surface area (Å²) < 4.78 is 18.4. The van der Waals surface area contributed by atoms with Gasteiger partial charge in [0.25, 0.3) is 0 Å². The Morgan fingerprint density at radius 2 is 2.11 bits per heavy atom. The molecule has 1 atom stereocenters. The molecule has 0 spiro atoms. The van der Waals surface area contributed by atoms with Crippen molar-refractivity contribution < 1.29 is 18.7 Å². The number of rotatable bonds is 5. The van der Waals surface area contributed by atoms with Crippen LogP contribution in [-0.4, -0.2) is 29.8 Å². The third kappa shape index (κ3) is 4.36. The van der Waals surface area contributed by atoms with Gasteiger partial charge in [-0.2, -0.15) is 0 Å². The number of pyridine rings is 1. The third-order valence-corrected chi connectivity index (χ3v) is 4.46. The van der Waals surface area contributed by atoms with Crippen molar-refractivity contribution in [3.05, 3.63) is 64.7 Å². The van der Waals surface area contributed by atoms with E-state index in [9.17, 15) is 14.0 Å². The maximum absolute atomic E-state index is 13.8. The minimum absolute atomic E-state index is 0.00923. The van der Waals surface area contributed by atoms with Crippen LogP contribution in [0.4, 0.5) is 9.18 Å². The molecule has 2 heterocycles. The van der Waals surface area contributed by atoms with Crippen molar-refractivity contribution in [2.24, 2.45) is 4.99 Å². The van der Waals surface area contributed by atoms with Gasteiger partial charge in [-0.3, -0.25) is 20.1 Å². The molecule has 0 bridgehead atoms. The van der Waals surface area contributed by atoms with Crippen LogP contribution in [0.25, 0.3) is 0 Å². The minimum Gasteiger partial charge on any atom is -0.453 e. The van der Waals surface area contributed by atoms with Gasteiger partial charge in [0.1, 0.15) is 17.4 Å². The highest BCUT2D eigenvalue weighted by atomic mass is 19.1. The standard InChI is InChI=1S/C20H20FN3O3/c1-12(16-5-3-4-6-18(16)21)7-15(25)9-14-8-13-10-23-19(17(13)11-22-14)24-20(26)27-2/h3-6,8,11-12H,7,9-10H2,1-2H3,(H,23,24,26)/t12-/m0/s1. The molecule has 0 saturated heterocycles. The summed E-state index contributed by atoms with van der Waals surface area (Å²) in [6, 6.07) is 8.32. The second-order valence-corrected chi connectivity index (χ2v) is 6.46. The summed E-state index contributed by atoms with van der Waals surface area (Å²) in [6.07, 6.45) is 1.42. The van der Waals surface area contributed by atoms with E-state index in [0.29, 0.717) is 23.6 Å². The number of alkyl carbamates (subject to hydrolysis) is 1. The SMILES string of the molecule is COC(=O)NC1=NCc2cc(CC(=O)C[C@H](C)c3ccccc3F)ncc21. The zero-order valence-corrected chi connectivity index (χ0v) is 15.2. The largest absolute Gasteiger partial charge is 0.453 e. The average molecular weight is 369 g/mol. The van der Waals surface area contributed by atoms with Crippen LogP contribution in [0.3, 0.4) is 0 Å². The maximum atomic E-state index is 13.8. The number of carbonyl (C=O) groups is 2. The normalized spacial score (nSPS) is 13.5. The number of hydrogen-bond donors (Lipinski definition) is 1. The molecule has 1 aromatic carbocycles. The first kappa shape index (κ1) is 18.7. The van der Waals surface area contributed by atoms with Crippen LogP contribution < -0.4 is 5.32 Å². The van der Waals surface area contributed by atoms with Gasteiger partial charge in [0.15, 0.2) is 0 Å². The van der Waals surface area contributed by atoms with Gasteiger partial charge in [-0.15, -0.1) is 0 Å². The number of nitrogens with zero attached hydrogens (tertiary/aromatic N) is 2. The lowest BCUT2D eigenvalue weighted by molar-refractivity contribution is -0.118. The molecule has 1 aliphatic heterocycles. The molecule has 3 rings (SSSR count). The highest BCUT2D eigenvalue weighted by Crippen LogP contribution is 2.23. The number of amidine groups is 1. The number of carbonyl (C=O) groups excluding carboxylic acids is 2. The van der Waals surface area contributed by atoms with Crippen LogP contribution in [0, 0.1) is 5.82 Å². The van der Waals surface area contributed by atoms with Gasteiger partial charge in [-0.05, 0) is 29.2 Å². The molecule has 2 aromatic rings. The zero-order chi connectivity index (χ0) is 19.4. The van der Waals surface area contributed by atoms with Crippen LogP contribution in [-0.2, 0) is 22.5 Å². The topological polar surface area (TPSA) is 80.6 Å². The third-order valence-electron chi connectivity index (χ3n) is 4.46. The van der Waals surface area contributed by atoms with E-state index in [-0.39, 0.29) is 30.4 Å².